The second kappa shape index (κ2) is 7.13. The van der Waals surface area contributed by atoms with E-state index in [4.69, 9.17) is 11.6 Å². The van der Waals surface area contributed by atoms with E-state index >= 15 is 0 Å². The highest BCUT2D eigenvalue weighted by Gasteiger charge is 2.36. The minimum atomic E-state index is -4.04. The van der Waals surface area contributed by atoms with E-state index in [2.05, 4.69) is 5.32 Å². The number of halogens is 3. The lowest BCUT2D eigenvalue weighted by atomic mass is 10.0. The van der Waals surface area contributed by atoms with Gasteiger partial charge in [-0.05, 0) is 36.4 Å². The summed E-state index contributed by atoms with van der Waals surface area (Å²) in [5, 5.41) is 2.69. The molecule has 0 bridgehead atoms. The molecule has 1 aliphatic heterocycles. The molecule has 1 heterocycles. The molecule has 1 aliphatic rings. The predicted octanol–water partition coefficient (Wildman–Crippen LogP) is 4.43. The highest BCUT2D eigenvalue weighted by molar-refractivity contribution is 7.93. The Balaban J connectivity index is 1.73. The van der Waals surface area contributed by atoms with Gasteiger partial charge in [0.2, 0.25) is 5.91 Å². The predicted molar refractivity (Wildman–Crippen MR) is 106 cm³/mol. The molecule has 5 nitrogen and oxygen atoms in total. The molecule has 0 aromatic heterocycles. The quantitative estimate of drug-likeness (QED) is 0.663. The number of rotatable bonds is 3. The molecule has 0 radical (unpaired) electrons. The van der Waals surface area contributed by atoms with Crippen LogP contribution in [0.5, 0.6) is 0 Å². The molecule has 4 rings (SSSR count). The summed E-state index contributed by atoms with van der Waals surface area (Å²) in [6.07, 6.45) is 0. The van der Waals surface area contributed by atoms with Gasteiger partial charge in [0.1, 0.15) is 18.2 Å². The van der Waals surface area contributed by atoms with E-state index in [-0.39, 0.29) is 16.3 Å². The summed E-state index contributed by atoms with van der Waals surface area (Å²) < 4.78 is 54.1. The third kappa shape index (κ3) is 3.45. The van der Waals surface area contributed by atoms with Crippen molar-refractivity contribution in [3.05, 3.63) is 77.3 Å². The Labute approximate surface area is 170 Å². The summed E-state index contributed by atoms with van der Waals surface area (Å²) in [5.74, 6) is -2.53. The average Bonchev–Trinajstić information content (AvgIpc) is 2.68. The van der Waals surface area contributed by atoms with Gasteiger partial charge in [-0.2, -0.15) is 0 Å². The zero-order valence-electron chi connectivity index (χ0n) is 14.7. The van der Waals surface area contributed by atoms with Crippen molar-refractivity contribution in [2.45, 2.75) is 4.90 Å². The average molecular weight is 435 g/mol. The van der Waals surface area contributed by atoms with Gasteiger partial charge < -0.3 is 5.32 Å². The number of hydrogen-bond donors (Lipinski definition) is 1. The number of sulfonamides is 1. The van der Waals surface area contributed by atoms with E-state index in [1.807, 2.05) is 0 Å². The second-order valence-corrected chi connectivity index (χ2v) is 8.61. The number of carbonyl (C=O) groups excluding carboxylic acids is 1. The minimum absolute atomic E-state index is 0.0375. The molecule has 3 aromatic carbocycles. The molecule has 0 saturated heterocycles. The molecular formula is C20H13ClF2N2O3S. The van der Waals surface area contributed by atoms with Gasteiger partial charge in [-0.25, -0.2) is 17.2 Å². The van der Waals surface area contributed by atoms with Gasteiger partial charge in [0, 0.05) is 22.2 Å². The Morgan fingerprint density at radius 2 is 1.76 bits per heavy atom. The van der Waals surface area contributed by atoms with E-state index in [1.54, 1.807) is 24.3 Å². The fourth-order valence-electron chi connectivity index (χ4n) is 3.18. The van der Waals surface area contributed by atoms with Crippen molar-refractivity contribution >= 4 is 38.9 Å². The molecule has 0 aliphatic carbocycles. The maximum Gasteiger partial charge on any atom is 0.265 e. The van der Waals surface area contributed by atoms with E-state index < -0.39 is 34.1 Å². The van der Waals surface area contributed by atoms with Crippen molar-refractivity contribution in [2.75, 3.05) is 16.2 Å². The zero-order valence-corrected chi connectivity index (χ0v) is 16.3. The highest BCUT2D eigenvalue weighted by atomic mass is 35.5. The van der Waals surface area contributed by atoms with Crippen molar-refractivity contribution < 1.29 is 22.0 Å². The van der Waals surface area contributed by atoms with Crippen LogP contribution in [-0.4, -0.2) is 20.9 Å². The van der Waals surface area contributed by atoms with Crippen LogP contribution in [0.15, 0.2) is 65.6 Å². The normalized spacial score (nSPS) is 14.1. The first-order valence-electron chi connectivity index (χ1n) is 8.44. The third-order valence-corrected chi connectivity index (χ3v) is 6.52. The highest BCUT2D eigenvalue weighted by Crippen LogP contribution is 2.43. The Bertz CT molecular complexity index is 1250. The zero-order chi connectivity index (χ0) is 20.8. The van der Waals surface area contributed by atoms with E-state index in [1.165, 1.54) is 18.2 Å². The molecule has 0 unspecified atom stereocenters. The summed E-state index contributed by atoms with van der Waals surface area (Å²) in [5.41, 5.74) is 1.07. The molecule has 148 valence electrons. The number of benzene rings is 3. The van der Waals surface area contributed by atoms with E-state index in [0.717, 1.165) is 16.4 Å². The van der Waals surface area contributed by atoms with E-state index in [0.29, 0.717) is 22.2 Å². The van der Waals surface area contributed by atoms with Gasteiger partial charge >= 0.3 is 0 Å². The molecule has 0 atom stereocenters. The first-order valence-corrected chi connectivity index (χ1v) is 10.3. The monoisotopic (exact) mass is 434 g/mol. The summed E-state index contributed by atoms with van der Waals surface area (Å²) in [7, 11) is -4.04. The topological polar surface area (TPSA) is 66.5 Å². The van der Waals surface area contributed by atoms with Gasteiger partial charge in [-0.15, -0.1) is 0 Å². The van der Waals surface area contributed by atoms with Crippen molar-refractivity contribution in [1.82, 2.24) is 0 Å². The van der Waals surface area contributed by atoms with Gasteiger partial charge in [0.05, 0.1) is 16.3 Å². The standard InChI is InChI=1S/C20H13ClF2N2O3S/c21-12-5-8-18-15(9-12)14-3-1-2-4-19(14)29(27,28)25(18)11-20(26)24-17-7-6-13(22)10-16(17)23/h1-10H,11H2,(H,24,26). The van der Waals surface area contributed by atoms with Crippen molar-refractivity contribution in [3.8, 4) is 11.1 Å². The summed E-state index contributed by atoms with van der Waals surface area (Å²) in [6.45, 7) is -0.595. The number of nitrogens with one attached hydrogen (secondary N) is 1. The number of nitrogens with zero attached hydrogens (tertiary/aromatic N) is 1. The first-order chi connectivity index (χ1) is 13.8. The third-order valence-electron chi connectivity index (χ3n) is 4.47. The van der Waals surface area contributed by atoms with Gasteiger partial charge in [0.25, 0.3) is 10.0 Å². The van der Waals surface area contributed by atoms with Gasteiger partial charge in [-0.3, -0.25) is 9.10 Å². The minimum Gasteiger partial charge on any atom is -0.322 e. The lowest BCUT2D eigenvalue weighted by Gasteiger charge is -2.31. The van der Waals surface area contributed by atoms with Crippen LogP contribution in [0.3, 0.4) is 0 Å². The van der Waals surface area contributed by atoms with Gasteiger partial charge in [0.15, 0.2) is 0 Å². The second-order valence-electron chi connectivity index (χ2n) is 6.34. The largest absolute Gasteiger partial charge is 0.322 e. The maximum absolute atomic E-state index is 13.8. The SMILES string of the molecule is O=C(CN1c2ccc(Cl)cc2-c2ccccc2S1(=O)=O)Nc1ccc(F)cc1F. The van der Waals surface area contributed by atoms with Crippen LogP contribution in [0.2, 0.25) is 5.02 Å². The number of amides is 1. The van der Waals surface area contributed by atoms with Crippen LogP contribution in [0, 0.1) is 11.6 Å². The molecule has 1 N–H and O–H groups in total. The van der Waals surface area contributed by atoms with Crippen molar-refractivity contribution in [2.24, 2.45) is 0 Å². The Kier molecular flexibility index (Phi) is 4.76. The Morgan fingerprint density at radius 3 is 2.52 bits per heavy atom. The van der Waals surface area contributed by atoms with E-state index in [9.17, 15) is 22.0 Å². The summed E-state index contributed by atoms with van der Waals surface area (Å²) in [6, 6.07) is 13.7. The van der Waals surface area contributed by atoms with Crippen LogP contribution in [0.1, 0.15) is 0 Å². The molecule has 3 aromatic rings. The maximum atomic E-state index is 13.8. The van der Waals surface area contributed by atoms with Gasteiger partial charge in [-0.1, -0.05) is 29.8 Å². The number of anilines is 2. The molecule has 29 heavy (non-hydrogen) atoms. The molecule has 9 heteroatoms. The Morgan fingerprint density at radius 1 is 1.00 bits per heavy atom. The summed E-state index contributed by atoms with van der Waals surface area (Å²) >= 11 is 6.09. The molecule has 1 amide bonds. The number of hydrogen-bond acceptors (Lipinski definition) is 3. The van der Waals surface area contributed by atoms with Crippen LogP contribution >= 0.6 is 11.6 Å². The van der Waals surface area contributed by atoms with Crippen LogP contribution in [0.25, 0.3) is 11.1 Å². The van der Waals surface area contributed by atoms with Crippen molar-refractivity contribution in [3.63, 3.8) is 0 Å². The lowest BCUT2D eigenvalue weighted by molar-refractivity contribution is -0.114. The summed E-state index contributed by atoms with van der Waals surface area (Å²) in [4.78, 5) is 12.5. The van der Waals surface area contributed by atoms with Crippen LogP contribution in [-0.2, 0) is 14.8 Å². The molecular weight excluding hydrogens is 422 g/mol. The molecule has 0 spiro atoms. The first kappa shape index (κ1) is 19.4. The fourth-order valence-corrected chi connectivity index (χ4v) is 5.01. The van der Waals surface area contributed by atoms with Crippen LogP contribution < -0.4 is 9.62 Å². The molecule has 0 saturated carbocycles. The van der Waals surface area contributed by atoms with Crippen LogP contribution in [0.4, 0.5) is 20.2 Å². The number of fused-ring (bicyclic) bond motifs is 3. The smallest absolute Gasteiger partial charge is 0.265 e. The van der Waals surface area contributed by atoms with Crippen molar-refractivity contribution in [1.29, 1.82) is 0 Å². The molecule has 0 fully saturated rings. The Hall–Kier alpha value is -2.97. The lowest BCUT2D eigenvalue weighted by Crippen LogP contribution is -2.40. The number of carbonyl (C=O) groups is 1. The fraction of sp³-hybridized carbons (Fsp3) is 0.0500.